The first-order chi connectivity index (χ1) is 15.6. The summed E-state index contributed by atoms with van der Waals surface area (Å²) in [7, 11) is 1.35. The molecule has 0 fully saturated rings. The van der Waals surface area contributed by atoms with Gasteiger partial charge in [-0.2, -0.15) is 0 Å². The van der Waals surface area contributed by atoms with E-state index < -0.39 is 11.6 Å². The van der Waals surface area contributed by atoms with E-state index in [1.807, 2.05) is 52.0 Å². The van der Waals surface area contributed by atoms with Crippen LogP contribution in [0.2, 0.25) is 5.02 Å². The molecule has 3 aromatic rings. The maximum Gasteiger partial charge on any atom is 0.337 e. The zero-order chi connectivity index (χ0) is 24.2. The Labute approximate surface area is 199 Å². The number of rotatable bonds is 7. The number of esters is 2. The maximum atomic E-state index is 12.2. The minimum absolute atomic E-state index is 0.108. The Kier molecular flexibility index (Phi) is 7.69. The van der Waals surface area contributed by atoms with Crippen molar-refractivity contribution < 1.29 is 19.1 Å². The fraction of sp³-hybridized carbons (Fsp3) is 0.385. The highest BCUT2D eigenvalue weighted by Crippen LogP contribution is 2.27. The standard InChI is InChI=1S/C26H29ClN2O4/c1-16(14-23(30)33-26(2,3)4)6-12-21-24(17-7-10-19(27)11-8-17)29-20-13-9-18(25(31)32-5)15-22(20)28-21/h7-11,13,15-16H,6,12,14H2,1-5H3. The van der Waals surface area contributed by atoms with Gasteiger partial charge in [-0.1, -0.05) is 30.7 Å². The summed E-state index contributed by atoms with van der Waals surface area (Å²) in [5, 5.41) is 0.641. The van der Waals surface area contributed by atoms with Crippen molar-refractivity contribution in [3.63, 3.8) is 0 Å². The van der Waals surface area contributed by atoms with Crippen LogP contribution < -0.4 is 0 Å². The lowest BCUT2D eigenvalue weighted by Gasteiger charge is -2.21. The van der Waals surface area contributed by atoms with Gasteiger partial charge >= 0.3 is 11.9 Å². The average molecular weight is 469 g/mol. The van der Waals surface area contributed by atoms with E-state index in [2.05, 4.69) is 0 Å². The van der Waals surface area contributed by atoms with Crippen LogP contribution in [0.5, 0.6) is 0 Å². The van der Waals surface area contributed by atoms with Gasteiger partial charge in [0.05, 0.1) is 35.1 Å². The largest absolute Gasteiger partial charge is 0.465 e. The van der Waals surface area contributed by atoms with Crippen molar-refractivity contribution in [1.29, 1.82) is 0 Å². The van der Waals surface area contributed by atoms with Gasteiger partial charge in [-0.05, 0) is 69.9 Å². The topological polar surface area (TPSA) is 78.4 Å². The van der Waals surface area contributed by atoms with Gasteiger partial charge in [-0.25, -0.2) is 14.8 Å². The molecule has 0 saturated heterocycles. The number of aromatic nitrogens is 2. The quantitative estimate of drug-likeness (QED) is 0.393. The molecular formula is C26H29ClN2O4. The van der Waals surface area contributed by atoms with Gasteiger partial charge in [0.2, 0.25) is 0 Å². The number of nitrogens with zero attached hydrogens (tertiary/aromatic N) is 2. The van der Waals surface area contributed by atoms with E-state index in [9.17, 15) is 9.59 Å². The number of halogens is 1. The first-order valence-electron chi connectivity index (χ1n) is 10.9. The zero-order valence-corrected chi connectivity index (χ0v) is 20.4. The molecular weight excluding hydrogens is 440 g/mol. The Morgan fingerprint density at radius 1 is 1.03 bits per heavy atom. The molecule has 0 aliphatic heterocycles. The molecule has 3 rings (SSSR count). The number of ether oxygens (including phenoxy) is 2. The Morgan fingerprint density at radius 2 is 1.73 bits per heavy atom. The third-order valence-corrected chi connectivity index (χ3v) is 5.34. The number of fused-ring (bicyclic) bond motifs is 1. The third-order valence-electron chi connectivity index (χ3n) is 5.08. The van der Waals surface area contributed by atoms with Crippen molar-refractivity contribution in [2.45, 2.75) is 52.6 Å². The molecule has 0 saturated carbocycles. The molecule has 1 heterocycles. The minimum atomic E-state index is -0.500. The molecule has 33 heavy (non-hydrogen) atoms. The van der Waals surface area contributed by atoms with E-state index in [0.717, 1.165) is 23.4 Å². The molecule has 0 radical (unpaired) electrons. The van der Waals surface area contributed by atoms with Crippen molar-refractivity contribution in [2.75, 3.05) is 7.11 Å². The first kappa shape index (κ1) is 24.6. The number of methoxy groups -OCH3 is 1. The van der Waals surface area contributed by atoms with Crippen molar-refractivity contribution in [3.05, 3.63) is 58.7 Å². The molecule has 1 atom stereocenters. The summed E-state index contributed by atoms with van der Waals surface area (Å²) >= 11 is 6.07. The molecule has 0 aliphatic carbocycles. The summed E-state index contributed by atoms with van der Waals surface area (Å²) in [6.07, 6.45) is 1.69. The van der Waals surface area contributed by atoms with Crippen molar-refractivity contribution in [1.82, 2.24) is 9.97 Å². The van der Waals surface area contributed by atoms with Crippen LogP contribution in [0.15, 0.2) is 42.5 Å². The molecule has 0 spiro atoms. The van der Waals surface area contributed by atoms with Crippen LogP contribution in [0.3, 0.4) is 0 Å². The predicted octanol–water partition coefficient (Wildman–Crippen LogP) is 6.04. The van der Waals surface area contributed by atoms with Crippen LogP contribution >= 0.6 is 11.6 Å². The summed E-state index contributed by atoms with van der Waals surface area (Å²) in [5.41, 5.74) is 3.67. The second-order valence-corrected chi connectivity index (χ2v) is 9.59. The highest BCUT2D eigenvalue weighted by atomic mass is 35.5. The van der Waals surface area contributed by atoms with Crippen molar-refractivity contribution in [3.8, 4) is 11.3 Å². The van der Waals surface area contributed by atoms with Crippen LogP contribution in [0.4, 0.5) is 0 Å². The molecule has 6 nitrogen and oxygen atoms in total. The predicted molar refractivity (Wildman–Crippen MR) is 129 cm³/mol. The fourth-order valence-corrected chi connectivity index (χ4v) is 3.63. The van der Waals surface area contributed by atoms with Crippen LogP contribution in [-0.4, -0.2) is 34.6 Å². The van der Waals surface area contributed by atoms with Crippen LogP contribution in [0.1, 0.15) is 56.6 Å². The monoisotopic (exact) mass is 468 g/mol. The first-order valence-corrected chi connectivity index (χ1v) is 11.3. The molecule has 7 heteroatoms. The van der Waals surface area contributed by atoms with Gasteiger partial charge in [-0.3, -0.25) is 4.79 Å². The minimum Gasteiger partial charge on any atom is -0.465 e. The van der Waals surface area contributed by atoms with Gasteiger partial charge in [-0.15, -0.1) is 0 Å². The smallest absolute Gasteiger partial charge is 0.337 e. The molecule has 2 aromatic carbocycles. The second kappa shape index (κ2) is 10.3. The molecule has 174 valence electrons. The molecule has 0 bridgehead atoms. The highest BCUT2D eigenvalue weighted by molar-refractivity contribution is 6.30. The molecule has 0 N–H and O–H groups in total. The number of hydrogen-bond acceptors (Lipinski definition) is 6. The lowest BCUT2D eigenvalue weighted by molar-refractivity contribution is -0.155. The van der Waals surface area contributed by atoms with Gasteiger partial charge in [0, 0.05) is 17.0 Å². The summed E-state index contributed by atoms with van der Waals surface area (Å²) in [5.74, 6) is -0.523. The van der Waals surface area contributed by atoms with E-state index in [0.29, 0.717) is 34.5 Å². The Balaban J connectivity index is 1.91. The van der Waals surface area contributed by atoms with E-state index in [4.69, 9.17) is 31.0 Å². The number of benzene rings is 2. The number of hydrogen-bond donors (Lipinski definition) is 0. The van der Waals surface area contributed by atoms with E-state index in [1.54, 1.807) is 18.2 Å². The molecule has 1 unspecified atom stereocenters. The van der Waals surface area contributed by atoms with E-state index in [1.165, 1.54) is 7.11 Å². The number of carbonyl (C=O) groups excluding carboxylic acids is 2. The van der Waals surface area contributed by atoms with Gasteiger partial charge < -0.3 is 9.47 Å². The molecule has 0 aliphatic rings. The van der Waals surface area contributed by atoms with Crippen LogP contribution in [0.25, 0.3) is 22.3 Å². The van der Waals surface area contributed by atoms with Crippen LogP contribution in [0, 0.1) is 5.92 Å². The summed E-state index contributed by atoms with van der Waals surface area (Å²) in [4.78, 5) is 33.8. The molecule has 1 aromatic heterocycles. The maximum absolute atomic E-state index is 12.2. The van der Waals surface area contributed by atoms with Gasteiger partial charge in [0.25, 0.3) is 0 Å². The Bertz CT molecular complexity index is 1150. The number of aryl methyl sites for hydroxylation is 1. The van der Waals surface area contributed by atoms with Gasteiger partial charge in [0.1, 0.15) is 5.60 Å². The Morgan fingerprint density at radius 3 is 2.36 bits per heavy atom. The molecule has 0 amide bonds. The lowest BCUT2D eigenvalue weighted by Crippen LogP contribution is -2.25. The van der Waals surface area contributed by atoms with Gasteiger partial charge in [0.15, 0.2) is 0 Å². The highest BCUT2D eigenvalue weighted by Gasteiger charge is 2.20. The van der Waals surface area contributed by atoms with Crippen LogP contribution in [-0.2, 0) is 20.7 Å². The van der Waals surface area contributed by atoms with Crippen molar-refractivity contribution >= 4 is 34.6 Å². The normalized spacial score (nSPS) is 12.4. The number of carbonyl (C=O) groups is 2. The van der Waals surface area contributed by atoms with E-state index in [-0.39, 0.29) is 11.9 Å². The average Bonchev–Trinajstić information content (AvgIpc) is 2.75. The van der Waals surface area contributed by atoms with E-state index >= 15 is 0 Å². The lowest BCUT2D eigenvalue weighted by atomic mass is 9.98. The SMILES string of the molecule is COC(=O)c1ccc2nc(-c3ccc(Cl)cc3)c(CCC(C)CC(=O)OC(C)(C)C)nc2c1. The summed E-state index contributed by atoms with van der Waals surface area (Å²) in [6.45, 7) is 7.61. The van der Waals surface area contributed by atoms with Crippen molar-refractivity contribution in [2.24, 2.45) is 5.92 Å². The summed E-state index contributed by atoms with van der Waals surface area (Å²) < 4.78 is 10.3. The third kappa shape index (κ3) is 6.75. The second-order valence-electron chi connectivity index (χ2n) is 9.16. The summed E-state index contributed by atoms with van der Waals surface area (Å²) in [6, 6.07) is 12.6. The fourth-order valence-electron chi connectivity index (χ4n) is 3.50. The Hall–Kier alpha value is -2.99. The zero-order valence-electron chi connectivity index (χ0n) is 19.6.